The first kappa shape index (κ1) is 24.3. The Balaban J connectivity index is 1.19. The van der Waals surface area contributed by atoms with Crippen LogP contribution in [-0.4, -0.2) is 59.0 Å². The number of hydrogen-bond acceptors (Lipinski definition) is 3. The van der Waals surface area contributed by atoms with Gasteiger partial charge in [-0.05, 0) is 54.1 Å². The van der Waals surface area contributed by atoms with Crippen LogP contribution in [0.1, 0.15) is 42.9 Å². The largest absolute Gasteiger partial charge is 0.480 e. The fourth-order valence-electron chi connectivity index (χ4n) is 6.07. The van der Waals surface area contributed by atoms with Gasteiger partial charge in [-0.3, -0.25) is 14.5 Å². The van der Waals surface area contributed by atoms with Crippen molar-refractivity contribution in [1.29, 1.82) is 0 Å². The number of carboxylic acid groups (broad SMARTS) is 1. The maximum Gasteiger partial charge on any atom is 0.318 e. The molecule has 1 aliphatic carbocycles. The zero-order valence-electron chi connectivity index (χ0n) is 20.9. The van der Waals surface area contributed by atoms with E-state index in [4.69, 9.17) is 0 Å². The molecule has 1 saturated heterocycles. The minimum atomic E-state index is -0.985. The van der Waals surface area contributed by atoms with Crippen LogP contribution in [0.25, 0.3) is 11.1 Å². The zero-order chi connectivity index (χ0) is 25.1. The van der Waals surface area contributed by atoms with Crippen LogP contribution in [0.15, 0.2) is 78.9 Å². The summed E-state index contributed by atoms with van der Waals surface area (Å²) in [5, 5.41) is 10.5. The van der Waals surface area contributed by atoms with Crippen LogP contribution in [0.3, 0.4) is 0 Å². The number of carbonyl (C=O) groups is 2. The smallest absolute Gasteiger partial charge is 0.318 e. The molecule has 2 aliphatic rings. The lowest BCUT2D eigenvalue weighted by Gasteiger charge is -2.40. The van der Waals surface area contributed by atoms with Gasteiger partial charge in [0.2, 0.25) is 5.91 Å². The Morgan fingerprint density at radius 3 is 2.08 bits per heavy atom. The Hall–Kier alpha value is -3.44. The number of aliphatic carboxylic acids is 1. The Morgan fingerprint density at radius 1 is 0.861 bits per heavy atom. The van der Waals surface area contributed by atoms with Crippen LogP contribution in [0.2, 0.25) is 0 Å². The average molecular weight is 483 g/mol. The number of benzene rings is 3. The lowest BCUT2D eigenvalue weighted by molar-refractivity contribution is -0.142. The van der Waals surface area contributed by atoms with Gasteiger partial charge in [0.25, 0.3) is 0 Å². The van der Waals surface area contributed by atoms with Gasteiger partial charge in [0, 0.05) is 25.7 Å². The molecule has 3 aromatic rings. The predicted molar refractivity (Wildman–Crippen MR) is 142 cm³/mol. The van der Waals surface area contributed by atoms with E-state index in [9.17, 15) is 14.7 Å². The molecule has 186 valence electrons. The summed E-state index contributed by atoms with van der Waals surface area (Å²) in [5.74, 6) is -0.575. The first-order chi connectivity index (χ1) is 17.5. The lowest BCUT2D eigenvalue weighted by atomic mass is 9.74. The van der Waals surface area contributed by atoms with Crippen molar-refractivity contribution in [2.45, 2.75) is 44.1 Å². The Kier molecular flexibility index (Phi) is 6.92. The first-order valence-electron chi connectivity index (χ1n) is 13.0. The van der Waals surface area contributed by atoms with Crippen molar-refractivity contribution in [3.63, 3.8) is 0 Å². The van der Waals surface area contributed by atoms with E-state index in [0.717, 1.165) is 66.8 Å². The van der Waals surface area contributed by atoms with Crippen molar-refractivity contribution in [2.24, 2.45) is 0 Å². The number of fused-ring (bicyclic) bond motifs is 3. The predicted octanol–water partition coefficient (Wildman–Crippen LogP) is 4.98. The number of rotatable bonds is 8. The molecular formula is C31H34N2O3. The number of amides is 1. The first-order valence-corrected chi connectivity index (χ1v) is 13.0. The molecule has 1 amide bonds. The summed E-state index contributed by atoms with van der Waals surface area (Å²) in [6.45, 7) is 5.45. The molecule has 36 heavy (non-hydrogen) atoms. The lowest BCUT2D eigenvalue weighted by Crippen LogP contribution is -2.54. The van der Waals surface area contributed by atoms with Crippen LogP contribution >= 0.6 is 0 Å². The molecule has 1 heterocycles. The summed E-state index contributed by atoms with van der Waals surface area (Å²) in [5.41, 5.74) is 3.98. The molecule has 5 nitrogen and oxygen atoms in total. The topological polar surface area (TPSA) is 60.9 Å². The summed E-state index contributed by atoms with van der Waals surface area (Å²) >= 11 is 0. The number of unbranched alkanes of at least 4 members (excludes halogenated alkanes) is 1. The van der Waals surface area contributed by atoms with Gasteiger partial charge in [0.15, 0.2) is 0 Å². The number of carboxylic acids is 1. The molecule has 0 radical (unpaired) electrons. The third-order valence-electron chi connectivity index (χ3n) is 7.99. The van der Waals surface area contributed by atoms with E-state index in [0.29, 0.717) is 18.9 Å². The van der Waals surface area contributed by atoms with E-state index in [1.807, 2.05) is 83.8 Å². The van der Waals surface area contributed by atoms with Crippen molar-refractivity contribution in [1.82, 2.24) is 9.80 Å². The number of piperazine rings is 1. The molecule has 1 aliphatic heterocycles. The van der Waals surface area contributed by atoms with E-state index in [1.165, 1.54) is 0 Å². The summed E-state index contributed by atoms with van der Waals surface area (Å²) in [7, 11) is 0. The number of hydrogen-bond donors (Lipinski definition) is 1. The highest BCUT2D eigenvalue weighted by molar-refractivity contribution is 5.97. The molecule has 5 rings (SSSR count). The van der Waals surface area contributed by atoms with Crippen LogP contribution in [0, 0.1) is 0 Å². The highest BCUT2D eigenvalue weighted by Crippen LogP contribution is 2.51. The van der Waals surface area contributed by atoms with Gasteiger partial charge in [-0.1, -0.05) is 85.3 Å². The molecule has 1 atom stereocenters. The fourth-order valence-corrected chi connectivity index (χ4v) is 6.07. The Morgan fingerprint density at radius 2 is 1.47 bits per heavy atom. The van der Waals surface area contributed by atoms with Crippen molar-refractivity contribution < 1.29 is 14.7 Å². The highest BCUT2D eigenvalue weighted by Gasteiger charge is 2.48. The van der Waals surface area contributed by atoms with Crippen LogP contribution < -0.4 is 0 Å². The van der Waals surface area contributed by atoms with E-state index in [1.54, 1.807) is 0 Å². The highest BCUT2D eigenvalue weighted by atomic mass is 16.4. The van der Waals surface area contributed by atoms with Gasteiger partial charge in [-0.15, -0.1) is 0 Å². The molecule has 1 N–H and O–H groups in total. The van der Waals surface area contributed by atoms with Crippen molar-refractivity contribution in [2.75, 3.05) is 26.2 Å². The molecule has 0 bridgehead atoms. The SMILES string of the molecule is C[C@@H]1CN(C(=O)Cc2ccccc2)CCN1CCCCC1(C(=O)O)c2ccccc2-c2ccccc21. The van der Waals surface area contributed by atoms with Crippen molar-refractivity contribution in [3.05, 3.63) is 95.6 Å². The summed E-state index contributed by atoms with van der Waals surface area (Å²) in [4.78, 5) is 30.0. The average Bonchev–Trinajstić information content (AvgIpc) is 3.19. The van der Waals surface area contributed by atoms with E-state index in [-0.39, 0.29) is 5.91 Å². The summed E-state index contributed by atoms with van der Waals surface area (Å²) in [6.07, 6.45) is 2.80. The second kappa shape index (κ2) is 10.3. The van der Waals surface area contributed by atoms with E-state index in [2.05, 4.69) is 11.8 Å². The van der Waals surface area contributed by atoms with Gasteiger partial charge in [-0.25, -0.2) is 0 Å². The minimum Gasteiger partial charge on any atom is -0.480 e. The second-order valence-corrected chi connectivity index (χ2v) is 10.1. The molecule has 0 aromatic heterocycles. The molecule has 0 saturated carbocycles. The van der Waals surface area contributed by atoms with Gasteiger partial charge >= 0.3 is 5.97 Å². The Bertz CT molecular complexity index is 1190. The second-order valence-electron chi connectivity index (χ2n) is 10.1. The molecule has 3 aromatic carbocycles. The van der Waals surface area contributed by atoms with Crippen LogP contribution in [0.5, 0.6) is 0 Å². The van der Waals surface area contributed by atoms with Crippen LogP contribution in [0.4, 0.5) is 0 Å². The van der Waals surface area contributed by atoms with Gasteiger partial charge in [0.1, 0.15) is 5.41 Å². The van der Waals surface area contributed by atoms with E-state index >= 15 is 0 Å². The third kappa shape index (κ3) is 4.44. The van der Waals surface area contributed by atoms with Gasteiger partial charge in [0.05, 0.1) is 6.42 Å². The Labute approximate surface area is 213 Å². The van der Waals surface area contributed by atoms with Crippen molar-refractivity contribution in [3.8, 4) is 11.1 Å². The molecule has 5 heteroatoms. The molecular weight excluding hydrogens is 448 g/mol. The maximum absolute atomic E-state index is 12.8. The molecule has 0 spiro atoms. The molecule has 1 fully saturated rings. The summed E-state index contributed by atoms with van der Waals surface area (Å²) < 4.78 is 0. The third-order valence-corrected chi connectivity index (χ3v) is 7.99. The molecule has 0 unspecified atom stereocenters. The van der Waals surface area contributed by atoms with Gasteiger partial charge in [-0.2, -0.15) is 0 Å². The van der Waals surface area contributed by atoms with Crippen molar-refractivity contribution >= 4 is 11.9 Å². The fraction of sp³-hybridized carbons (Fsp3) is 0.355. The quantitative estimate of drug-likeness (QED) is 0.460. The van der Waals surface area contributed by atoms with Gasteiger partial charge < -0.3 is 10.0 Å². The number of nitrogens with zero attached hydrogens (tertiary/aromatic N) is 2. The summed E-state index contributed by atoms with van der Waals surface area (Å²) in [6, 6.07) is 26.1. The maximum atomic E-state index is 12.8. The standard InChI is InChI=1S/C31H34N2O3/c1-23-22-33(29(34)21-24-11-3-2-4-12-24)20-19-32(23)18-10-9-17-31(30(35)36)27-15-7-5-13-25(27)26-14-6-8-16-28(26)31/h2-8,11-16,23H,9-10,17-22H2,1H3,(H,35,36)/t23-/m1/s1. The number of carbonyl (C=O) groups excluding carboxylic acids is 1. The minimum absolute atomic E-state index is 0.190. The van der Waals surface area contributed by atoms with E-state index < -0.39 is 11.4 Å². The zero-order valence-corrected chi connectivity index (χ0v) is 20.9. The monoisotopic (exact) mass is 482 g/mol. The van der Waals surface area contributed by atoms with Crippen LogP contribution in [-0.2, 0) is 21.4 Å². The normalized spacial score (nSPS) is 18.5.